The van der Waals surface area contributed by atoms with E-state index < -0.39 is 17.8 Å². The van der Waals surface area contributed by atoms with Gasteiger partial charge in [0.05, 0.1) is 7.11 Å². The highest BCUT2D eigenvalue weighted by atomic mass is 16.5. The van der Waals surface area contributed by atoms with Gasteiger partial charge in [0.1, 0.15) is 11.3 Å². The first kappa shape index (κ1) is 14.5. The van der Waals surface area contributed by atoms with Crippen molar-refractivity contribution in [2.75, 3.05) is 13.7 Å². The summed E-state index contributed by atoms with van der Waals surface area (Å²) in [5.74, 6) is -0.858. The molecule has 1 saturated heterocycles. The van der Waals surface area contributed by atoms with Crippen molar-refractivity contribution in [3.05, 3.63) is 48.1 Å². The third-order valence-corrected chi connectivity index (χ3v) is 2.94. The normalized spacial score (nSPS) is 16.9. The van der Waals surface area contributed by atoms with Crippen molar-refractivity contribution in [3.63, 3.8) is 0 Å². The molecular formula is C15H14N2O4. The van der Waals surface area contributed by atoms with Crippen molar-refractivity contribution in [1.82, 2.24) is 10.2 Å². The minimum absolute atomic E-state index is 0.0290. The third-order valence-electron chi connectivity index (χ3n) is 2.94. The summed E-state index contributed by atoms with van der Waals surface area (Å²) in [4.78, 5) is 36.6. The first-order valence-corrected chi connectivity index (χ1v) is 6.21. The molecule has 1 aliphatic rings. The number of nitrogens with one attached hydrogen (secondary N) is 1. The molecule has 0 unspecified atom stereocenters. The molecule has 0 aliphatic carbocycles. The van der Waals surface area contributed by atoms with Crippen molar-refractivity contribution in [2.24, 2.45) is 0 Å². The molecule has 1 aliphatic heterocycles. The summed E-state index contributed by atoms with van der Waals surface area (Å²) in [5.41, 5.74) is 0.451. The van der Waals surface area contributed by atoms with E-state index in [1.54, 1.807) is 24.3 Å². The van der Waals surface area contributed by atoms with Crippen LogP contribution < -0.4 is 10.1 Å². The molecule has 0 spiro atoms. The number of benzene rings is 1. The summed E-state index contributed by atoms with van der Waals surface area (Å²) in [6.45, 7) is 3.51. The Morgan fingerprint density at radius 3 is 2.67 bits per heavy atom. The lowest BCUT2D eigenvalue weighted by Gasteiger charge is -2.25. The zero-order valence-corrected chi connectivity index (χ0v) is 11.5. The number of hydrogen-bond acceptors (Lipinski definition) is 4. The molecule has 0 bridgehead atoms. The van der Waals surface area contributed by atoms with Crippen molar-refractivity contribution in [1.29, 1.82) is 0 Å². The van der Waals surface area contributed by atoms with Gasteiger partial charge in [-0.3, -0.25) is 19.8 Å². The lowest BCUT2D eigenvalue weighted by atomic mass is 10.1. The second-order valence-electron chi connectivity index (χ2n) is 4.26. The number of methoxy groups -OCH3 is 1. The van der Waals surface area contributed by atoms with Gasteiger partial charge in [-0.15, -0.1) is 6.58 Å². The van der Waals surface area contributed by atoms with E-state index in [9.17, 15) is 14.4 Å². The Hall–Kier alpha value is -2.89. The molecule has 6 heteroatoms. The van der Waals surface area contributed by atoms with E-state index in [1.807, 2.05) is 0 Å². The maximum atomic E-state index is 12.2. The van der Waals surface area contributed by atoms with Crippen LogP contribution in [0, 0.1) is 0 Å². The van der Waals surface area contributed by atoms with Gasteiger partial charge in [-0.25, -0.2) is 4.79 Å². The fourth-order valence-corrected chi connectivity index (χ4v) is 1.93. The minimum atomic E-state index is -0.748. The van der Waals surface area contributed by atoms with E-state index in [1.165, 1.54) is 19.3 Å². The molecule has 21 heavy (non-hydrogen) atoms. The topological polar surface area (TPSA) is 75.7 Å². The number of carbonyl (C=O) groups is 3. The lowest BCUT2D eigenvalue weighted by Crippen LogP contribution is -2.54. The number of nitrogens with zero attached hydrogens (tertiary/aromatic N) is 1. The van der Waals surface area contributed by atoms with Crippen LogP contribution in [0.15, 0.2) is 42.5 Å². The Morgan fingerprint density at radius 2 is 2.00 bits per heavy atom. The second-order valence-corrected chi connectivity index (χ2v) is 4.26. The Balaban J connectivity index is 2.43. The lowest BCUT2D eigenvalue weighted by molar-refractivity contribution is -0.129. The van der Waals surface area contributed by atoms with Crippen LogP contribution in [-0.2, 0) is 9.59 Å². The minimum Gasteiger partial charge on any atom is -0.496 e. The average Bonchev–Trinajstić information content (AvgIpc) is 2.48. The molecule has 1 heterocycles. The van der Waals surface area contributed by atoms with Gasteiger partial charge in [0.2, 0.25) is 0 Å². The average molecular weight is 286 g/mol. The van der Waals surface area contributed by atoms with Crippen LogP contribution in [-0.4, -0.2) is 36.4 Å². The summed E-state index contributed by atoms with van der Waals surface area (Å²) in [6, 6.07) is 6.21. The van der Waals surface area contributed by atoms with E-state index in [0.29, 0.717) is 11.3 Å². The number of hydrogen-bond donors (Lipinski definition) is 1. The zero-order chi connectivity index (χ0) is 15.4. The van der Waals surface area contributed by atoms with Gasteiger partial charge in [0.15, 0.2) is 0 Å². The van der Waals surface area contributed by atoms with E-state index in [-0.39, 0.29) is 12.1 Å². The van der Waals surface area contributed by atoms with Gasteiger partial charge in [0.25, 0.3) is 11.8 Å². The van der Waals surface area contributed by atoms with Crippen molar-refractivity contribution in [2.45, 2.75) is 0 Å². The van der Waals surface area contributed by atoms with Crippen LogP contribution in [0.25, 0.3) is 6.08 Å². The van der Waals surface area contributed by atoms with Crippen LogP contribution in [0.3, 0.4) is 0 Å². The van der Waals surface area contributed by atoms with E-state index >= 15 is 0 Å². The van der Waals surface area contributed by atoms with Crippen molar-refractivity contribution < 1.29 is 19.1 Å². The number of rotatable bonds is 4. The van der Waals surface area contributed by atoms with Gasteiger partial charge in [0, 0.05) is 12.1 Å². The highest BCUT2D eigenvalue weighted by Gasteiger charge is 2.34. The summed E-state index contributed by atoms with van der Waals surface area (Å²) < 4.78 is 5.17. The van der Waals surface area contributed by atoms with Gasteiger partial charge < -0.3 is 4.74 Å². The van der Waals surface area contributed by atoms with E-state index in [0.717, 1.165) is 4.90 Å². The predicted octanol–water partition coefficient (Wildman–Crippen LogP) is 1.34. The second kappa shape index (κ2) is 6.04. The SMILES string of the molecule is C=CCN1C(=O)NC(=O)/C(=C/c2ccccc2OC)C1=O. The van der Waals surface area contributed by atoms with Crippen LogP contribution in [0.5, 0.6) is 5.75 Å². The molecule has 108 valence electrons. The van der Waals surface area contributed by atoms with Gasteiger partial charge >= 0.3 is 6.03 Å². The third kappa shape index (κ3) is 2.84. The predicted molar refractivity (Wildman–Crippen MR) is 76.4 cm³/mol. The Kier molecular flexibility index (Phi) is 4.18. The van der Waals surface area contributed by atoms with Crippen LogP contribution >= 0.6 is 0 Å². The molecule has 6 nitrogen and oxygen atoms in total. The molecule has 1 fully saturated rings. The molecule has 4 amide bonds. The first-order chi connectivity index (χ1) is 10.1. The van der Waals surface area contributed by atoms with E-state index in [4.69, 9.17) is 4.74 Å². The fourth-order valence-electron chi connectivity index (χ4n) is 1.93. The first-order valence-electron chi connectivity index (χ1n) is 6.21. The Bertz CT molecular complexity index is 649. The summed E-state index contributed by atoms with van der Waals surface area (Å²) >= 11 is 0. The summed E-state index contributed by atoms with van der Waals surface area (Å²) in [5, 5.41) is 2.12. The number of urea groups is 1. The number of carbonyl (C=O) groups excluding carboxylic acids is 3. The smallest absolute Gasteiger partial charge is 0.331 e. The molecule has 0 radical (unpaired) electrons. The highest BCUT2D eigenvalue weighted by molar-refractivity contribution is 6.31. The van der Waals surface area contributed by atoms with Crippen LogP contribution in [0.1, 0.15) is 5.56 Å². The molecule has 0 aromatic heterocycles. The van der Waals surface area contributed by atoms with Crippen LogP contribution in [0.2, 0.25) is 0 Å². The quantitative estimate of drug-likeness (QED) is 0.515. The number of imide groups is 2. The monoisotopic (exact) mass is 286 g/mol. The number of para-hydroxylation sites is 1. The fraction of sp³-hybridized carbons (Fsp3) is 0.133. The summed E-state index contributed by atoms with van der Waals surface area (Å²) in [6.07, 6.45) is 2.81. The van der Waals surface area contributed by atoms with Crippen molar-refractivity contribution in [3.8, 4) is 5.75 Å². The Morgan fingerprint density at radius 1 is 1.29 bits per heavy atom. The van der Waals surface area contributed by atoms with Gasteiger partial charge in [-0.1, -0.05) is 24.3 Å². The molecule has 2 rings (SSSR count). The van der Waals surface area contributed by atoms with Gasteiger partial charge in [-0.2, -0.15) is 0 Å². The Labute approximate surface area is 121 Å². The molecule has 1 N–H and O–H groups in total. The maximum Gasteiger partial charge on any atom is 0.331 e. The maximum absolute atomic E-state index is 12.2. The molecule has 0 saturated carbocycles. The number of amides is 4. The number of ether oxygens (including phenoxy) is 1. The molecule has 1 aromatic carbocycles. The standard InChI is InChI=1S/C15H14N2O4/c1-3-8-17-14(19)11(13(18)16-15(17)20)9-10-6-4-5-7-12(10)21-2/h3-7,9H,1,8H2,2H3,(H,16,18,20)/b11-9-. The number of barbiturate groups is 1. The van der Waals surface area contributed by atoms with E-state index in [2.05, 4.69) is 11.9 Å². The molecular weight excluding hydrogens is 272 g/mol. The molecule has 1 aromatic rings. The largest absolute Gasteiger partial charge is 0.496 e. The zero-order valence-electron chi connectivity index (χ0n) is 11.5. The molecule has 0 atom stereocenters. The van der Waals surface area contributed by atoms with Crippen molar-refractivity contribution >= 4 is 23.9 Å². The summed E-state index contributed by atoms with van der Waals surface area (Å²) in [7, 11) is 1.49. The van der Waals surface area contributed by atoms with Crippen LogP contribution in [0.4, 0.5) is 4.79 Å². The highest BCUT2D eigenvalue weighted by Crippen LogP contribution is 2.22. The van der Waals surface area contributed by atoms with Gasteiger partial charge in [-0.05, 0) is 12.1 Å².